The molecule has 1 aliphatic rings. The highest BCUT2D eigenvalue weighted by atomic mass is 16.5. The number of amides is 1. The maximum atomic E-state index is 12.5. The van der Waals surface area contributed by atoms with Gasteiger partial charge in [-0.25, -0.2) is 9.48 Å². The van der Waals surface area contributed by atoms with Crippen LogP contribution in [0.15, 0.2) is 30.3 Å². The van der Waals surface area contributed by atoms with Crippen LogP contribution in [0.3, 0.4) is 0 Å². The van der Waals surface area contributed by atoms with E-state index in [0.29, 0.717) is 11.3 Å². The molecule has 1 aromatic carbocycles. The van der Waals surface area contributed by atoms with Gasteiger partial charge in [0, 0.05) is 17.2 Å². The Morgan fingerprint density at radius 2 is 1.96 bits per heavy atom. The minimum absolute atomic E-state index is 0.0155. The number of para-hydroxylation sites is 1. The first-order chi connectivity index (χ1) is 12.0. The summed E-state index contributed by atoms with van der Waals surface area (Å²) in [7, 11) is 0. The molecule has 0 bridgehead atoms. The van der Waals surface area contributed by atoms with E-state index in [1.54, 1.807) is 11.6 Å². The van der Waals surface area contributed by atoms with Crippen LogP contribution in [0.5, 0.6) is 0 Å². The predicted molar refractivity (Wildman–Crippen MR) is 93.3 cm³/mol. The number of ether oxygens (including phenoxy) is 1. The maximum absolute atomic E-state index is 12.5. The van der Waals surface area contributed by atoms with Gasteiger partial charge in [0.15, 0.2) is 6.04 Å². The predicted octanol–water partition coefficient (Wildman–Crippen LogP) is 2.62. The Bertz CT molecular complexity index is 779. The quantitative estimate of drug-likeness (QED) is 0.820. The van der Waals surface area contributed by atoms with Crippen molar-refractivity contribution in [2.24, 2.45) is 5.92 Å². The molecule has 1 atom stereocenters. The van der Waals surface area contributed by atoms with E-state index >= 15 is 0 Å². The third-order valence-corrected chi connectivity index (χ3v) is 4.39. The molecule has 1 unspecified atom stereocenters. The Labute approximate surface area is 147 Å². The first-order valence-electron chi connectivity index (χ1n) is 8.61. The first kappa shape index (κ1) is 17.2. The molecule has 3 rings (SSSR count). The number of nitrogens with one attached hydrogen (secondary N) is 1. The zero-order valence-corrected chi connectivity index (χ0v) is 14.8. The smallest absolute Gasteiger partial charge is 0.333 e. The summed E-state index contributed by atoms with van der Waals surface area (Å²) < 4.78 is 6.99. The molecule has 1 aliphatic carbocycles. The Hall–Kier alpha value is -2.63. The lowest BCUT2D eigenvalue weighted by atomic mass is 10.0. The minimum atomic E-state index is -0.828. The zero-order valence-electron chi connectivity index (χ0n) is 14.8. The molecule has 2 aromatic rings. The number of nitrogens with zero attached hydrogens (tertiary/aromatic N) is 2. The molecule has 0 saturated heterocycles. The number of aryl methyl sites for hydroxylation is 1. The molecule has 0 radical (unpaired) electrons. The highest BCUT2D eigenvalue weighted by Crippen LogP contribution is 2.31. The number of carbonyl (C=O) groups excluding carboxylic acids is 2. The molecule has 1 N–H and O–H groups in total. The fourth-order valence-electron chi connectivity index (χ4n) is 2.97. The van der Waals surface area contributed by atoms with Crippen LogP contribution < -0.4 is 5.32 Å². The van der Waals surface area contributed by atoms with Crippen molar-refractivity contribution >= 4 is 11.9 Å². The molecule has 1 fully saturated rings. The van der Waals surface area contributed by atoms with E-state index < -0.39 is 12.0 Å². The number of carbonyl (C=O) groups is 2. The highest BCUT2D eigenvalue weighted by molar-refractivity contribution is 5.88. The van der Waals surface area contributed by atoms with Gasteiger partial charge in [-0.1, -0.05) is 18.2 Å². The minimum Gasteiger partial charge on any atom is -0.464 e. The molecule has 0 spiro atoms. The van der Waals surface area contributed by atoms with Gasteiger partial charge in [0.05, 0.1) is 18.0 Å². The van der Waals surface area contributed by atoms with Crippen LogP contribution in [-0.2, 0) is 14.3 Å². The van der Waals surface area contributed by atoms with E-state index in [1.807, 2.05) is 44.2 Å². The van der Waals surface area contributed by atoms with Crippen molar-refractivity contribution < 1.29 is 14.3 Å². The molecule has 6 nitrogen and oxygen atoms in total. The van der Waals surface area contributed by atoms with Crippen molar-refractivity contribution in [3.63, 3.8) is 0 Å². The van der Waals surface area contributed by atoms with Crippen LogP contribution in [0.25, 0.3) is 5.69 Å². The van der Waals surface area contributed by atoms with Crippen LogP contribution in [0.4, 0.5) is 0 Å². The van der Waals surface area contributed by atoms with Crippen molar-refractivity contribution in [3.8, 4) is 5.69 Å². The lowest BCUT2D eigenvalue weighted by Crippen LogP contribution is -2.36. The van der Waals surface area contributed by atoms with E-state index in [4.69, 9.17) is 4.74 Å². The second-order valence-corrected chi connectivity index (χ2v) is 6.30. The van der Waals surface area contributed by atoms with E-state index in [1.165, 1.54) is 0 Å². The summed E-state index contributed by atoms with van der Waals surface area (Å²) >= 11 is 0. The van der Waals surface area contributed by atoms with Gasteiger partial charge in [-0.3, -0.25) is 4.79 Å². The van der Waals surface area contributed by atoms with Gasteiger partial charge in [-0.05, 0) is 45.7 Å². The van der Waals surface area contributed by atoms with Crippen molar-refractivity contribution in [1.29, 1.82) is 0 Å². The number of esters is 1. The molecular weight excluding hydrogens is 318 g/mol. The van der Waals surface area contributed by atoms with Gasteiger partial charge in [0.2, 0.25) is 5.91 Å². The van der Waals surface area contributed by atoms with Crippen molar-refractivity contribution in [1.82, 2.24) is 15.1 Å². The second kappa shape index (κ2) is 7.09. The molecule has 1 heterocycles. The Kier molecular flexibility index (Phi) is 4.88. The summed E-state index contributed by atoms with van der Waals surface area (Å²) in [6, 6.07) is 8.88. The van der Waals surface area contributed by atoms with E-state index in [0.717, 1.165) is 24.2 Å². The summed E-state index contributed by atoms with van der Waals surface area (Å²) in [5.74, 6) is -0.527. The van der Waals surface area contributed by atoms with Crippen molar-refractivity contribution in [3.05, 3.63) is 47.3 Å². The van der Waals surface area contributed by atoms with Gasteiger partial charge in [-0.2, -0.15) is 5.10 Å². The highest BCUT2D eigenvalue weighted by Gasteiger charge is 2.36. The number of hydrogen-bond donors (Lipinski definition) is 1. The lowest BCUT2D eigenvalue weighted by molar-refractivity contribution is -0.147. The summed E-state index contributed by atoms with van der Waals surface area (Å²) in [6.45, 7) is 5.76. The van der Waals surface area contributed by atoms with Gasteiger partial charge in [-0.15, -0.1) is 0 Å². The third kappa shape index (κ3) is 3.57. The van der Waals surface area contributed by atoms with Crippen LogP contribution >= 0.6 is 0 Å². The Morgan fingerprint density at radius 1 is 1.28 bits per heavy atom. The fraction of sp³-hybridized carbons (Fsp3) is 0.421. The topological polar surface area (TPSA) is 73.2 Å². The summed E-state index contributed by atoms with van der Waals surface area (Å²) in [5.41, 5.74) is 3.13. The molecular formula is C19H23N3O3. The van der Waals surface area contributed by atoms with Gasteiger partial charge >= 0.3 is 5.97 Å². The van der Waals surface area contributed by atoms with Crippen LogP contribution in [0.2, 0.25) is 0 Å². The number of hydrogen-bond acceptors (Lipinski definition) is 4. The van der Waals surface area contributed by atoms with E-state index in [-0.39, 0.29) is 18.4 Å². The fourth-order valence-corrected chi connectivity index (χ4v) is 2.97. The van der Waals surface area contributed by atoms with Gasteiger partial charge in [0.25, 0.3) is 0 Å². The number of rotatable bonds is 6. The molecule has 25 heavy (non-hydrogen) atoms. The largest absolute Gasteiger partial charge is 0.464 e. The van der Waals surface area contributed by atoms with Crippen LogP contribution in [0, 0.1) is 19.8 Å². The van der Waals surface area contributed by atoms with Gasteiger partial charge < -0.3 is 10.1 Å². The Morgan fingerprint density at radius 3 is 2.56 bits per heavy atom. The summed E-state index contributed by atoms with van der Waals surface area (Å²) in [4.78, 5) is 24.7. The molecule has 132 valence electrons. The Balaban J connectivity index is 1.98. The normalized spacial score (nSPS) is 14.8. The first-order valence-corrected chi connectivity index (χ1v) is 8.61. The molecule has 6 heteroatoms. The average Bonchev–Trinajstić information content (AvgIpc) is 3.40. The standard InChI is InChI=1S/C19H23N3O3/c1-4-25-19(24)17(20-18(23)14-10-11-14)16-12(2)21-22(13(16)3)15-8-6-5-7-9-15/h5-9,14,17H,4,10-11H2,1-3H3,(H,20,23). The molecule has 1 amide bonds. The summed E-state index contributed by atoms with van der Waals surface area (Å²) in [6.07, 6.45) is 1.76. The molecule has 1 saturated carbocycles. The van der Waals surface area contributed by atoms with E-state index in [2.05, 4.69) is 10.4 Å². The molecule has 1 aromatic heterocycles. The summed E-state index contributed by atoms with van der Waals surface area (Å²) in [5, 5.41) is 7.43. The number of benzene rings is 1. The van der Waals surface area contributed by atoms with Crippen LogP contribution in [-0.4, -0.2) is 28.3 Å². The van der Waals surface area contributed by atoms with Crippen molar-refractivity contribution in [2.75, 3.05) is 6.61 Å². The third-order valence-electron chi connectivity index (χ3n) is 4.39. The number of aromatic nitrogens is 2. The monoisotopic (exact) mass is 341 g/mol. The average molecular weight is 341 g/mol. The van der Waals surface area contributed by atoms with E-state index in [9.17, 15) is 9.59 Å². The van der Waals surface area contributed by atoms with Crippen molar-refractivity contribution in [2.45, 2.75) is 39.7 Å². The lowest BCUT2D eigenvalue weighted by Gasteiger charge is -2.18. The zero-order chi connectivity index (χ0) is 18.0. The second-order valence-electron chi connectivity index (χ2n) is 6.30. The van der Waals surface area contributed by atoms with Gasteiger partial charge in [0.1, 0.15) is 0 Å². The van der Waals surface area contributed by atoms with Crippen LogP contribution in [0.1, 0.15) is 42.8 Å². The maximum Gasteiger partial charge on any atom is 0.333 e. The SMILES string of the molecule is CCOC(=O)C(NC(=O)C1CC1)c1c(C)nn(-c2ccccc2)c1C. The molecule has 0 aliphatic heterocycles.